The zero-order valence-electron chi connectivity index (χ0n) is 14.1. The summed E-state index contributed by atoms with van der Waals surface area (Å²) in [5.41, 5.74) is -2.64. The highest BCUT2D eigenvalue weighted by Gasteiger charge is 2.64. The van der Waals surface area contributed by atoms with Crippen LogP contribution in [0.4, 0.5) is 8.78 Å². The molecule has 146 valence electrons. The molecule has 2 saturated heterocycles. The fourth-order valence-electron chi connectivity index (χ4n) is 3.85. The molecule has 2 aliphatic rings. The number of carbonyl (C=O) groups is 1. The van der Waals surface area contributed by atoms with Crippen LogP contribution in [0.3, 0.4) is 0 Å². The number of fused-ring (bicyclic) bond motifs is 2. The van der Waals surface area contributed by atoms with E-state index in [1.165, 1.54) is 27.7 Å². The van der Waals surface area contributed by atoms with Crippen molar-refractivity contribution in [3.63, 3.8) is 0 Å². The fourth-order valence-corrected chi connectivity index (χ4v) is 4.11. The number of aliphatic hydroxyl groups is 2. The molecule has 25 heavy (non-hydrogen) atoms. The SMILES string of the molecule is CC(C)(O)C1C2CC(OC(=O)C(F)(F)S(=O)(=O)O)C(O2)C1C(C)(C)O. The van der Waals surface area contributed by atoms with Crippen LogP contribution in [0.5, 0.6) is 0 Å². The highest BCUT2D eigenvalue weighted by atomic mass is 32.2. The van der Waals surface area contributed by atoms with Gasteiger partial charge in [-0.1, -0.05) is 0 Å². The van der Waals surface area contributed by atoms with Crippen molar-refractivity contribution in [1.82, 2.24) is 0 Å². The van der Waals surface area contributed by atoms with Crippen LogP contribution in [0.1, 0.15) is 34.1 Å². The van der Waals surface area contributed by atoms with Gasteiger partial charge in [-0.15, -0.1) is 0 Å². The van der Waals surface area contributed by atoms with Gasteiger partial charge in [0.2, 0.25) is 0 Å². The number of carbonyl (C=O) groups excluding carboxylic acids is 1. The third-order valence-electron chi connectivity index (χ3n) is 4.76. The van der Waals surface area contributed by atoms with Crippen molar-refractivity contribution in [1.29, 1.82) is 0 Å². The van der Waals surface area contributed by atoms with Gasteiger partial charge in [-0.2, -0.15) is 17.2 Å². The van der Waals surface area contributed by atoms with Crippen LogP contribution >= 0.6 is 0 Å². The Morgan fingerprint density at radius 1 is 1.12 bits per heavy atom. The second kappa shape index (κ2) is 5.81. The van der Waals surface area contributed by atoms with Crippen LogP contribution in [0.15, 0.2) is 0 Å². The van der Waals surface area contributed by atoms with E-state index in [1.54, 1.807) is 0 Å². The summed E-state index contributed by atoms with van der Waals surface area (Å²) < 4.78 is 66.7. The number of ether oxygens (including phenoxy) is 2. The summed E-state index contributed by atoms with van der Waals surface area (Å²) in [6.07, 6.45) is -2.94. The Morgan fingerprint density at radius 3 is 2.00 bits per heavy atom. The predicted molar refractivity (Wildman–Crippen MR) is 79.2 cm³/mol. The van der Waals surface area contributed by atoms with Crippen LogP contribution in [-0.2, 0) is 24.4 Å². The minimum Gasteiger partial charge on any atom is -0.454 e. The second-order valence-corrected chi connectivity index (χ2v) is 9.13. The fraction of sp³-hybridized carbons (Fsp3) is 0.929. The molecule has 0 aromatic carbocycles. The number of alkyl halides is 2. The molecule has 0 saturated carbocycles. The Balaban J connectivity index is 2.25. The minimum atomic E-state index is -5.97. The van der Waals surface area contributed by atoms with Gasteiger partial charge in [0, 0.05) is 18.3 Å². The van der Waals surface area contributed by atoms with Gasteiger partial charge in [0.1, 0.15) is 12.2 Å². The molecule has 2 rings (SSSR count). The standard InChI is InChI=1S/C14H22F2O8S/c1-12(2,18)8-6-5-7(10(23-6)9(8)13(3,4)19)24-11(17)14(15,16)25(20,21)22/h6-10,18-19H,5H2,1-4H3,(H,20,21,22). The topological polar surface area (TPSA) is 130 Å². The first kappa shape index (κ1) is 20.4. The van der Waals surface area contributed by atoms with Crippen LogP contribution in [0.2, 0.25) is 0 Å². The zero-order valence-corrected chi connectivity index (χ0v) is 15.0. The minimum absolute atomic E-state index is 0.0425. The summed E-state index contributed by atoms with van der Waals surface area (Å²) in [5, 5.41) is 15.6. The van der Waals surface area contributed by atoms with E-state index >= 15 is 0 Å². The van der Waals surface area contributed by atoms with Crippen molar-refractivity contribution in [3.05, 3.63) is 0 Å². The van der Waals surface area contributed by atoms with E-state index in [0.29, 0.717) is 0 Å². The molecule has 0 spiro atoms. The van der Waals surface area contributed by atoms with E-state index in [4.69, 9.17) is 9.29 Å². The first-order valence-electron chi connectivity index (χ1n) is 7.64. The molecule has 11 heteroatoms. The average molecular weight is 388 g/mol. The van der Waals surface area contributed by atoms with E-state index in [9.17, 15) is 32.2 Å². The molecular formula is C14H22F2O8S. The maximum Gasteiger partial charge on any atom is 0.465 e. The Kier molecular flexibility index (Phi) is 4.75. The second-order valence-electron chi connectivity index (χ2n) is 7.67. The van der Waals surface area contributed by atoms with Crippen molar-refractivity contribution in [2.75, 3.05) is 0 Å². The van der Waals surface area contributed by atoms with Gasteiger partial charge in [0.05, 0.1) is 17.3 Å². The Bertz CT molecular complexity index is 649. The highest BCUT2D eigenvalue weighted by molar-refractivity contribution is 7.87. The lowest BCUT2D eigenvalue weighted by Crippen LogP contribution is -2.55. The maximum absolute atomic E-state index is 13.4. The van der Waals surface area contributed by atoms with Crippen molar-refractivity contribution in [3.8, 4) is 0 Å². The summed E-state index contributed by atoms with van der Waals surface area (Å²) in [6, 6.07) is 0. The molecule has 2 bridgehead atoms. The third kappa shape index (κ3) is 3.52. The Hall–Kier alpha value is -0.880. The van der Waals surface area contributed by atoms with Crippen molar-refractivity contribution < 1.29 is 46.2 Å². The van der Waals surface area contributed by atoms with E-state index < -0.39 is 62.7 Å². The Labute approximate surface area is 143 Å². The van der Waals surface area contributed by atoms with Crippen LogP contribution in [0, 0.1) is 11.8 Å². The third-order valence-corrected chi connectivity index (χ3v) is 5.57. The number of halogens is 2. The van der Waals surface area contributed by atoms with Gasteiger partial charge >= 0.3 is 21.3 Å². The summed E-state index contributed by atoms with van der Waals surface area (Å²) in [5.74, 6) is -3.71. The Morgan fingerprint density at radius 2 is 1.60 bits per heavy atom. The monoisotopic (exact) mass is 388 g/mol. The molecule has 0 aromatic rings. The molecule has 0 amide bonds. The number of esters is 1. The van der Waals surface area contributed by atoms with Gasteiger partial charge in [0.25, 0.3) is 0 Å². The lowest BCUT2D eigenvalue weighted by atomic mass is 9.65. The maximum atomic E-state index is 13.4. The number of rotatable bonds is 5. The van der Waals surface area contributed by atoms with Gasteiger partial charge in [-0.25, -0.2) is 4.79 Å². The molecule has 8 nitrogen and oxygen atoms in total. The molecular weight excluding hydrogens is 366 g/mol. The van der Waals surface area contributed by atoms with Gasteiger partial charge in [-0.05, 0) is 27.7 Å². The normalized spacial score (nSPS) is 33.6. The van der Waals surface area contributed by atoms with Crippen LogP contribution in [-0.4, -0.2) is 63.9 Å². The molecule has 2 aliphatic heterocycles. The quantitative estimate of drug-likeness (QED) is 0.454. The first-order valence-corrected chi connectivity index (χ1v) is 9.08. The van der Waals surface area contributed by atoms with E-state index in [2.05, 4.69) is 4.74 Å². The van der Waals surface area contributed by atoms with E-state index in [1.807, 2.05) is 0 Å². The molecule has 0 aliphatic carbocycles. The molecule has 2 fully saturated rings. The molecule has 3 N–H and O–H groups in total. The molecule has 0 radical (unpaired) electrons. The zero-order chi connectivity index (χ0) is 19.6. The van der Waals surface area contributed by atoms with Crippen LogP contribution in [0.25, 0.3) is 0 Å². The summed E-state index contributed by atoms with van der Waals surface area (Å²) >= 11 is 0. The molecule has 2 heterocycles. The van der Waals surface area contributed by atoms with Crippen LogP contribution < -0.4 is 0 Å². The van der Waals surface area contributed by atoms with Gasteiger partial charge in [0.15, 0.2) is 0 Å². The molecule has 0 aromatic heterocycles. The summed E-state index contributed by atoms with van der Waals surface area (Å²) in [4.78, 5) is 11.5. The largest absolute Gasteiger partial charge is 0.465 e. The predicted octanol–water partition coefficient (Wildman–Crippen LogP) is 0.324. The molecule has 5 unspecified atom stereocenters. The smallest absolute Gasteiger partial charge is 0.454 e. The lowest BCUT2D eigenvalue weighted by molar-refractivity contribution is -0.175. The average Bonchev–Trinajstić information content (AvgIpc) is 2.92. The number of hydrogen-bond donors (Lipinski definition) is 3. The number of hydrogen-bond acceptors (Lipinski definition) is 7. The molecule has 5 atom stereocenters. The van der Waals surface area contributed by atoms with Crippen molar-refractivity contribution in [2.45, 2.75) is 68.9 Å². The van der Waals surface area contributed by atoms with Gasteiger partial charge in [-0.3, -0.25) is 4.55 Å². The van der Waals surface area contributed by atoms with Gasteiger partial charge < -0.3 is 19.7 Å². The van der Waals surface area contributed by atoms with E-state index in [-0.39, 0.29) is 6.42 Å². The van der Waals surface area contributed by atoms with E-state index in [0.717, 1.165) is 0 Å². The summed E-state index contributed by atoms with van der Waals surface area (Å²) in [7, 11) is -5.97. The summed E-state index contributed by atoms with van der Waals surface area (Å²) in [6.45, 7) is 5.94. The first-order chi connectivity index (χ1) is 11.0. The van der Waals surface area contributed by atoms with Crippen molar-refractivity contribution >= 4 is 16.1 Å². The van der Waals surface area contributed by atoms with Crippen molar-refractivity contribution in [2.24, 2.45) is 11.8 Å². The lowest BCUT2D eigenvalue weighted by Gasteiger charge is -2.43. The highest BCUT2D eigenvalue weighted by Crippen LogP contribution is 2.52.